The molecule has 1 saturated carbocycles. The first-order chi connectivity index (χ1) is 11.1. The second-order valence-electron chi connectivity index (χ2n) is 9.35. The molecule has 0 bridgehead atoms. The van der Waals surface area contributed by atoms with Gasteiger partial charge in [0.25, 0.3) is 0 Å². The van der Waals surface area contributed by atoms with Gasteiger partial charge in [0.15, 0.2) is 0 Å². The summed E-state index contributed by atoms with van der Waals surface area (Å²) in [5, 5.41) is 0. The average molecular weight is 330 g/mol. The van der Waals surface area contributed by atoms with Crippen molar-refractivity contribution >= 4 is 5.91 Å². The van der Waals surface area contributed by atoms with Crippen LogP contribution in [0.4, 0.5) is 0 Å². The SMILES string of the molecule is CC(C)CN(CC(C)C)C(=O)C1CC1c1ccc(C(C)(C)C)cc1. The van der Waals surface area contributed by atoms with Crippen molar-refractivity contribution in [1.82, 2.24) is 4.90 Å². The molecule has 1 aliphatic rings. The molecule has 0 N–H and O–H groups in total. The van der Waals surface area contributed by atoms with Crippen LogP contribution in [0.5, 0.6) is 0 Å². The summed E-state index contributed by atoms with van der Waals surface area (Å²) in [6.07, 6.45) is 1.01. The van der Waals surface area contributed by atoms with Crippen LogP contribution in [0.1, 0.15) is 71.9 Å². The molecule has 1 aliphatic carbocycles. The van der Waals surface area contributed by atoms with E-state index in [-0.39, 0.29) is 11.3 Å². The molecule has 1 aromatic rings. The van der Waals surface area contributed by atoms with Crippen LogP contribution in [-0.4, -0.2) is 23.9 Å². The van der Waals surface area contributed by atoms with Gasteiger partial charge in [-0.1, -0.05) is 72.7 Å². The molecule has 1 aromatic carbocycles. The monoisotopic (exact) mass is 329 g/mol. The zero-order valence-corrected chi connectivity index (χ0v) is 16.6. The summed E-state index contributed by atoms with van der Waals surface area (Å²) in [7, 11) is 0. The van der Waals surface area contributed by atoms with Crippen molar-refractivity contribution in [2.45, 2.75) is 66.2 Å². The third-order valence-electron chi connectivity index (χ3n) is 4.80. The maximum absolute atomic E-state index is 12.9. The lowest BCUT2D eigenvalue weighted by atomic mass is 9.86. The van der Waals surface area contributed by atoms with Gasteiger partial charge < -0.3 is 4.90 Å². The normalized spacial score (nSPS) is 20.5. The zero-order valence-electron chi connectivity index (χ0n) is 16.6. The predicted octanol–water partition coefficient (Wildman–Crippen LogP) is 5.23. The summed E-state index contributed by atoms with van der Waals surface area (Å²) in [5.41, 5.74) is 2.87. The van der Waals surface area contributed by atoms with Gasteiger partial charge in [0.05, 0.1) is 0 Å². The number of nitrogens with zero attached hydrogens (tertiary/aromatic N) is 1. The van der Waals surface area contributed by atoms with Crippen LogP contribution in [0, 0.1) is 17.8 Å². The summed E-state index contributed by atoms with van der Waals surface area (Å²) < 4.78 is 0. The topological polar surface area (TPSA) is 20.3 Å². The van der Waals surface area contributed by atoms with E-state index in [2.05, 4.69) is 77.6 Å². The van der Waals surface area contributed by atoms with Crippen molar-refractivity contribution in [2.75, 3.05) is 13.1 Å². The number of amides is 1. The molecule has 2 nitrogen and oxygen atoms in total. The highest BCUT2D eigenvalue weighted by atomic mass is 16.2. The second-order valence-corrected chi connectivity index (χ2v) is 9.35. The van der Waals surface area contributed by atoms with Crippen LogP contribution in [-0.2, 0) is 10.2 Å². The Morgan fingerprint density at radius 2 is 1.54 bits per heavy atom. The van der Waals surface area contributed by atoms with Crippen LogP contribution in [0.3, 0.4) is 0 Å². The Balaban J connectivity index is 2.03. The molecule has 2 rings (SSSR count). The molecule has 0 saturated heterocycles. The second kappa shape index (κ2) is 7.29. The molecule has 0 radical (unpaired) electrons. The lowest BCUT2D eigenvalue weighted by Gasteiger charge is -2.26. The van der Waals surface area contributed by atoms with E-state index in [0.717, 1.165) is 19.5 Å². The number of rotatable bonds is 6. The summed E-state index contributed by atoms with van der Waals surface area (Å²) in [5.74, 6) is 2.03. The van der Waals surface area contributed by atoms with Gasteiger partial charge in [0, 0.05) is 19.0 Å². The number of carbonyl (C=O) groups excluding carboxylic acids is 1. The van der Waals surface area contributed by atoms with E-state index in [1.165, 1.54) is 11.1 Å². The molecule has 134 valence electrons. The molecule has 1 fully saturated rings. The van der Waals surface area contributed by atoms with Crippen LogP contribution in [0.15, 0.2) is 24.3 Å². The van der Waals surface area contributed by atoms with Crippen molar-refractivity contribution in [3.05, 3.63) is 35.4 Å². The lowest BCUT2D eigenvalue weighted by molar-refractivity contribution is -0.133. The van der Waals surface area contributed by atoms with Crippen LogP contribution in [0.25, 0.3) is 0 Å². The molecule has 1 amide bonds. The number of carbonyl (C=O) groups is 1. The van der Waals surface area contributed by atoms with Crippen LogP contribution in [0.2, 0.25) is 0 Å². The van der Waals surface area contributed by atoms with Gasteiger partial charge in [-0.25, -0.2) is 0 Å². The van der Waals surface area contributed by atoms with E-state index in [9.17, 15) is 4.79 Å². The summed E-state index contributed by atoms with van der Waals surface area (Å²) in [6.45, 7) is 17.2. The Labute approximate surface area is 148 Å². The maximum atomic E-state index is 12.9. The minimum Gasteiger partial charge on any atom is -0.342 e. The van der Waals surface area contributed by atoms with Crippen molar-refractivity contribution in [2.24, 2.45) is 17.8 Å². The number of hydrogen-bond donors (Lipinski definition) is 0. The summed E-state index contributed by atoms with van der Waals surface area (Å²) in [4.78, 5) is 15.0. The first-order valence-corrected chi connectivity index (χ1v) is 9.48. The molecule has 2 unspecified atom stereocenters. The van der Waals surface area contributed by atoms with E-state index in [1.54, 1.807) is 0 Å². The van der Waals surface area contributed by atoms with Gasteiger partial charge in [0.1, 0.15) is 0 Å². The Morgan fingerprint density at radius 3 is 1.96 bits per heavy atom. The quantitative estimate of drug-likeness (QED) is 0.700. The third kappa shape index (κ3) is 4.84. The first-order valence-electron chi connectivity index (χ1n) is 9.48. The fourth-order valence-corrected chi connectivity index (χ4v) is 3.44. The maximum Gasteiger partial charge on any atom is 0.226 e. The third-order valence-corrected chi connectivity index (χ3v) is 4.80. The molecule has 0 heterocycles. The Hall–Kier alpha value is -1.31. The van der Waals surface area contributed by atoms with Crippen LogP contribution >= 0.6 is 0 Å². The standard InChI is InChI=1S/C22H35NO/c1-15(2)13-23(14-16(3)4)21(24)20-12-19(20)17-8-10-18(11-9-17)22(5,6)7/h8-11,15-16,19-20H,12-14H2,1-7H3. The van der Waals surface area contributed by atoms with Crippen molar-refractivity contribution in [3.8, 4) is 0 Å². The average Bonchev–Trinajstić information content (AvgIpc) is 3.24. The highest BCUT2D eigenvalue weighted by Gasteiger charge is 2.45. The van der Waals surface area contributed by atoms with Gasteiger partial charge in [-0.3, -0.25) is 4.79 Å². The molecule has 2 heteroatoms. The minimum absolute atomic E-state index is 0.183. The van der Waals surface area contributed by atoms with Gasteiger partial charge in [-0.15, -0.1) is 0 Å². The molecule has 0 spiro atoms. The fraction of sp³-hybridized carbons (Fsp3) is 0.682. The molecular formula is C22H35NO. The van der Waals surface area contributed by atoms with Gasteiger partial charge in [0.2, 0.25) is 5.91 Å². The predicted molar refractivity (Wildman–Crippen MR) is 102 cm³/mol. The summed E-state index contributed by atoms with van der Waals surface area (Å²) in [6, 6.07) is 8.92. The lowest BCUT2D eigenvalue weighted by Crippen LogP contribution is -2.38. The van der Waals surface area contributed by atoms with Crippen molar-refractivity contribution in [1.29, 1.82) is 0 Å². The van der Waals surface area contributed by atoms with E-state index >= 15 is 0 Å². The van der Waals surface area contributed by atoms with Gasteiger partial charge in [-0.05, 0) is 40.7 Å². The first kappa shape index (κ1) is 19.0. The van der Waals surface area contributed by atoms with Gasteiger partial charge >= 0.3 is 0 Å². The van der Waals surface area contributed by atoms with Crippen LogP contribution < -0.4 is 0 Å². The number of hydrogen-bond acceptors (Lipinski definition) is 1. The van der Waals surface area contributed by atoms with E-state index in [4.69, 9.17) is 0 Å². The molecule has 0 aromatic heterocycles. The Morgan fingerprint density at radius 1 is 1.04 bits per heavy atom. The molecule has 24 heavy (non-hydrogen) atoms. The van der Waals surface area contributed by atoms with E-state index in [1.807, 2.05) is 0 Å². The Bertz CT molecular complexity index is 540. The Kier molecular flexibility index (Phi) is 5.78. The van der Waals surface area contributed by atoms with Gasteiger partial charge in [-0.2, -0.15) is 0 Å². The molecule has 2 atom stereocenters. The number of benzene rings is 1. The van der Waals surface area contributed by atoms with E-state index in [0.29, 0.717) is 23.7 Å². The zero-order chi connectivity index (χ0) is 18.1. The molecule has 0 aliphatic heterocycles. The van der Waals surface area contributed by atoms with E-state index < -0.39 is 0 Å². The minimum atomic E-state index is 0.183. The van der Waals surface area contributed by atoms with Crippen molar-refractivity contribution < 1.29 is 4.79 Å². The largest absolute Gasteiger partial charge is 0.342 e. The highest BCUT2D eigenvalue weighted by Crippen LogP contribution is 2.48. The molecular weight excluding hydrogens is 294 g/mol. The highest BCUT2D eigenvalue weighted by molar-refractivity contribution is 5.83. The smallest absolute Gasteiger partial charge is 0.226 e. The van der Waals surface area contributed by atoms with Crippen molar-refractivity contribution in [3.63, 3.8) is 0 Å². The summed E-state index contributed by atoms with van der Waals surface area (Å²) >= 11 is 0. The fourth-order valence-electron chi connectivity index (χ4n) is 3.44.